The molecule has 3 aromatic rings. The van der Waals surface area contributed by atoms with E-state index in [2.05, 4.69) is 20.2 Å². The van der Waals surface area contributed by atoms with Gasteiger partial charge in [-0.3, -0.25) is 19.7 Å². The van der Waals surface area contributed by atoms with E-state index < -0.39 is 22.6 Å². The number of nitro groups is 1. The number of non-ortho nitro benzene ring substituents is 1. The van der Waals surface area contributed by atoms with Crippen LogP contribution in [0.25, 0.3) is 0 Å². The second kappa shape index (κ2) is 15.6. The summed E-state index contributed by atoms with van der Waals surface area (Å²) in [4.78, 5) is 42.1. The summed E-state index contributed by atoms with van der Waals surface area (Å²) in [5.74, 6) is -1.14. The fourth-order valence-corrected chi connectivity index (χ4v) is 2.84. The van der Waals surface area contributed by atoms with Crippen LogP contribution in [0.3, 0.4) is 0 Å². The molecule has 0 saturated carbocycles. The predicted molar refractivity (Wildman–Crippen MR) is 142 cm³/mol. The number of rotatable bonds is 6. The van der Waals surface area contributed by atoms with E-state index in [0.717, 1.165) is 29.6 Å². The van der Waals surface area contributed by atoms with E-state index in [1.165, 1.54) is 12.1 Å². The highest BCUT2D eigenvalue weighted by molar-refractivity contribution is 7.03. The topological polar surface area (TPSA) is 200 Å². The molecular weight excluding hydrogens is 516 g/mol. The lowest BCUT2D eigenvalue weighted by Gasteiger charge is -2.19. The molecular formula is C24H30N6O7S. The molecule has 0 bridgehead atoms. The van der Waals surface area contributed by atoms with Gasteiger partial charge in [0.05, 0.1) is 4.92 Å². The maximum atomic E-state index is 11.8. The van der Waals surface area contributed by atoms with Gasteiger partial charge in [-0.2, -0.15) is 0 Å². The number of alkyl carbamates (subject to hydrolysis) is 1. The van der Waals surface area contributed by atoms with Crippen molar-refractivity contribution in [2.24, 2.45) is 5.73 Å². The van der Waals surface area contributed by atoms with Crippen LogP contribution in [-0.4, -0.2) is 43.2 Å². The van der Waals surface area contributed by atoms with E-state index >= 15 is 0 Å². The second-order valence-electron chi connectivity index (χ2n) is 8.44. The lowest BCUT2D eigenvalue weighted by Crippen LogP contribution is -2.32. The maximum absolute atomic E-state index is 11.8. The maximum Gasteiger partial charge on any atom is 0.407 e. The Hall–Kier alpha value is -4.43. The first-order chi connectivity index (χ1) is 17.8. The van der Waals surface area contributed by atoms with Crippen molar-refractivity contribution in [2.45, 2.75) is 46.4 Å². The normalized spacial score (nSPS) is 10.0. The Bertz CT molecular complexity index is 1170. The molecule has 0 unspecified atom stereocenters. The highest BCUT2D eigenvalue weighted by atomic mass is 32.1. The SMILES string of the molecule is CC(=O)O.CC(C)(C)OC(=O)NCc1ccc(NC(=O)c2csnn2)cc1.NCc1ccc([N+](=O)[O-])cc1. The van der Waals surface area contributed by atoms with Crippen LogP contribution in [0.5, 0.6) is 0 Å². The van der Waals surface area contributed by atoms with Crippen LogP contribution < -0.4 is 16.4 Å². The summed E-state index contributed by atoms with van der Waals surface area (Å²) in [5, 5.41) is 28.3. The van der Waals surface area contributed by atoms with Gasteiger partial charge in [0.25, 0.3) is 17.6 Å². The van der Waals surface area contributed by atoms with Crippen LogP contribution >= 0.6 is 11.5 Å². The molecule has 0 atom stereocenters. The van der Waals surface area contributed by atoms with Crippen molar-refractivity contribution in [2.75, 3.05) is 5.32 Å². The molecule has 0 aliphatic rings. The molecule has 14 heteroatoms. The first-order valence-corrected chi connectivity index (χ1v) is 11.9. The number of carbonyl (C=O) groups excluding carboxylic acids is 2. The number of nitro benzene ring substituents is 1. The van der Waals surface area contributed by atoms with Gasteiger partial charge in [-0.25, -0.2) is 4.79 Å². The summed E-state index contributed by atoms with van der Waals surface area (Å²) in [6, 6.07) is 13.3. The minimum Gasteiger partial charge on any atom is -0.481 e. The summed E-state index contributed by atoms with van der Waals surface area (Å²) in [6.45, 7) is 7.27. The van der Waals surface area contributed by atoms with Crippen LogP contribution in [-0.2, 0) is 22.6 Å². The zero-order valence-corrected chi connectivity index (χ0v) is 22.2. The fraction of sp³-hybridized carbons (Fsp3) is 0.292. The zero-order chi connectivity index (χ0) is 28.7. The van der Waals surface area contributed by atoms with Gasteiger partial charge in [0.1, 0.15) is 5.60 Å². The smallest absolute Gasteiger partial charge is 0.407 e. The van der Waals surface area contributed by atoms with E-state index in [4.69, 9.17) is 20.4 Å². The third kappa shape index (κ3) is 13.6. The molecule has 204 valence electrons. The molecule has 2 aromatic carbocycles. The van der Waals surface area contributed by atoms with Gasteiger partial charge in [0.2, 0.25) is 0 Å². The Morgan fingerprint density at radius 3 is 2.08 bits per heavy atom. The Balaban J connectivity index is 0.000000398. The Labute approximate surface area is 223 Å². The molecule has 0 aliphatic heterocycles. The van der Waals surface area contributed by atoms with E-state index in [-0.39, 0.29) is 17.3 Å². The van der Waals surface area contributed by atoms with E-state index in [1.807, 2.05) is 32.9 Å². The third-order valence-corrected chi connectivity index (χ3v) is 4.53. The van der Waals surface area contributed by atoms with Gasteiger partial charge in [-0.05, 0) is 55.6 Å². The summed E-state index contributed by atoms with van der Waals surface area (Å²) in [6.07, 6.45) is -0.467. The number of hydrogen-bond donors (Lipinski definition) is 4. The second-order valence-corrected chi connectivity index (χ2v) is 9.05. The number of carboxylic acids is 1. The summed E-state index contributed by atoms with van der Waals surface area (Å²) < 4.78 is 8.80. The van der Waals surface area contributed by atoms with Gasteiger partial charge in [-0.1, -0.05) is 28.8 Å². The number of nitrogens with one attached hydrogen (secondary N) is 2. The number of nitrogens with two attached hydrogens (primary N) is 1. The third-order valence-electron chi connectivity index (χ3n) is 4.02. The van der Waals surface area contributed by atoms with Crippen molar-refractivity contribution >= 4 is 40.9 Å². The number of anilines is 1. The van der Waals surface area contributed by atoms with Crippen LogP contribution in [0, 0.1) is 10.1 Å². The van der Waals surface area contributed by atoms with Crippen molar-refractivity contribution in [3.8, 4) is 0 Å². The molecule has 13 nitrogen and oxygen atoms in total. The summed E-state index contributed by atoms with van der Waals surface area (Å²) in [5.41, 5.74) is 7.60. The number of amides is 2. The summed E-state index contributed by atoms with van der Waals surface area (Å²) in [7, 11) is 0. The molecule has 0 spiro atoms. The van der Waals surface area contributed by atoms with Crippen LogP contribution in [0.15, 0.2) is 53.9 Å². The van der Waals surface area contributed by atoms with Crippen LogP contribution in [0.1, 0.15) is 49.3 Å². The quantitative estimate of drug-likeness (QED) is 0.259. The first kappa shape index (κ1) is 31.6. The van der Waals surface area contributed by atoms with Gasteiger partial charge in [0.15, 0.2) is 5.69 Å². The monoisotopic (exact) mass is 546 g/mol. The number of aliphatic carboxylic acids is 1. The molecule has 2 amide bonds. The van der Waals surface area contributed by atoms with Crippen molar-refractivity contribution in [3.05, 3.63) is 80.8 Å². The van der Waals surface area contributed by atoms with Gasteiger partial charge < -0.3 is 26.2 Å². The molecule has 0 fully saturated rings. The van der Waals surface area contributed by atoms with Crippen molar-refractivity contribution in [3.63, 3.8) is 0 Å². The number of ether oxygens (including phenoxy) is 1. The number of hydrogen-bond acceptors (Lipinski definition) is 10. The number of carbonyl (C=O) groups is 3. The molecule has 1 aromatic heterocycles. The first-order valence-electron chi connectivity index (χ1n) is 11.1. The number of nitrogens with zero attached hydrogens (tertiary/aromatic N) is 3. The van der Waals surface area contributed by atoms with Crippen LogP contribution in [0.4, 0.5) is 16.2 Å². The van der Waals surface area contributed by atoms with Gasteiger partial charge >= 0.3 is 6.09 Å². The molecule has 5 N–H and O–H groups in total. The van der Waals surface area contributed by atoms with Crippen LogP contribution in [0.2, 0.25) is 0 Å². The lowest BCUT2D eigenvalue weighted by molar-refractivity contribution is -0.384. The minimum absolute atomic E-state index is 0.0993. The number of benzene rings is 2. The average molecular weight is 547 g/mol. The van der Waals surface area contributed by atoms with Crippen molar-refractivity contribution < 1.29 is 29.2 Å². The molecule has 38 heavy (non-hydrogen) atoms. The average Bonchev–Trinajstić information content (AvgIpc) is 3.38. The molecule has 3 rings (SSSR count). The van der Waals surface area contributed by atoms with E-state index in [0.29, 0.717) is 18.8 Å². The number of carboxylic acid groups (broad SMARTS) is 1. The highest BCUT2D eigenvalue weighted by Gasteiger charge is 2.15. The van der Waals surface area contributed by atoms with Gasteiger partial charge in [0, 0.05) is 43.2 Å². The van der Waals surface area contributed by atoms with Gasteiger partial charge in [-0.15, -0.1) is 5.10 Å². The predicted octanol–water partition coefficient (Wildman–Crippen LogP) is 3.96. The zero-order valence-electron chi connectivity index (χ0n) is 21.3. The largest absolute Gasteiger partial charge is 0.481 e. The van der Waals surface area contributed by atoms with Crippen molar-refractivity contribution in [1.29, 1.82) is 0 Å². The van der Waals surface area contributed by atoms with E-state index in [9.17, 15) is 19.7 Å². The standard InChI is InChI=1S/C15H18N4O3S.C7H8N2O2.C2H4O2/c1-15(2,3)22-14(21)16-8-10-4-6-11(7-5-10)17-13(20)12-9-23-19-18-12;8-5-6-1-3-7(4-2-6)9(10)11;1-2(3)4/h4-7,9H,8H2,1-3H3,(H,16,21)(H,17,20);1-4H,5,8H2;1H3,(H,3,4). The fourth-order valence-electron chi connectivity index (χ4n) is 2.41. The Kier molecular flexibility index (Phi) is 13.0. The molecule has 0 saturated heterocycles. The molecule has 0 radical (unpaired) electrons. The lowest BCUT2D eigenvalue weighted by atomic mass is 10.2. The molecule has 1 heterocycles. The highest BCUT2D eigenvalue weighted by Crippen LogP contribution is 2.12. The Morgan fingerprint density at radius 2 is 1.63 bits per heavy atom. The molecule has 0 aliphatic carbocycles. The van der Waals surface area contributed by atoms with E-state index in [1.54, 1.807) is 29.6 Å². The summed E-state index contributed by atoms with van der Waals surface area (Å²) >= 11 is 1.12. The minimum atomic E-state index is -0.833. The number of aromatic nitrogens is 2. The van der Waals surface area contributed by atoms with Crippen molar-refractivity contribution in [1.82, 2.24) is 14.9 Å². The Morgan fingerprint density at radius 1 is 1.08 bits per heavy atom.